The minimum absolute atomic E-state index is 0.0310. The van der Waals surface area contributed by atoms with Crippen LogP contribution in [-0.4, -0.2) is 46.0 Å². The number of sulfonamides is 1. The monoisotopic (exact) mass is 359 g/mol. The molecule has 1 saturated heterocycles. The Bertz CT molecular complexity index is 770. The average molecular weight is 359 g/mol. The average Bonchev–Trinajstić information content (AvgIpc) is 2.64. The van der Waals surface area contributed by atoms with Crippen molar-refractivity contribution in [2.24, 2.45) is 0 Å². The maximum absolute atomic E-state index is 12.6. The first-order chi connectivity index (χ1) is 12.1. The fourth-order valence-corrected chi connectivity index (χ4v) is 4.15. The number of benzene rings is 2. The lowest BCUT2D eigenvalue weighted by Gasteiger charge is -2.35. The highest BCUT2D eigenvalue weighted by molar-refractivity contribution is 7.89. The molecule has 0 aliphatic carbocycles. The Labute approximate surface area is 150 Å². The normalized spacial score (nSPS) is 17.3. The quantitative estimate of drug-likeness (QED) is 0.827. The summed E-state index contributed by atoms with van der Waals surface area (Å²) >= 11 is 0. The molecule has 6 heteroatoms. The van der Waals surface area contributed by atoms with Crippen LogP contribution in [0.5, 0.6) is 0 Å². The Hall–Kier alpha value is -1.73. The van der Waals surface area contributed by atoms with Crippen molar-refractivity contribution in [2.75, 3.05) is 32.7 Å². The van der Waals surface area contributed by atoms with Gasteiger partial charge in [-0.25, -0.2) is 13.1 Å². The molecule has 5 nitrogen and oxygen atoms in total. The van der Waals surface area contributed by atoms with Gasteiger partial charge < -0.3 is 5.32 Å². The third-order valence-electron chi connectivity index (χ3n) is 4.57. The van der Waals surface area contributed by atoms with Gasteiger partial charge in [0.15, 0.2) is 0 Å². The van der Waals surface area contributed by atoms with Crippen molar-refractivity contribution in [3.05, 3.63) is 65.7 Å². The van der Waals surface area contributed by atoms with E-state index in [9.17, 15) is 8.42 Å². The number of piperazine rings is 1. The van der Waals surface area contributed by atoms with Crippen molar-refractivity contribution < 1.29 is 8.42 Å². The topological polar surface area (TPSA) is 61.4 Å². The van der Waals surface area contributed by atoms with Crippen LogP contribution in [0.1, 0.15) is 17.2 Å². The molecule has 0 amide bonds. The molecule has 1 aliphatic heterocycles. The van der Waals surface area contributed by atoms with Crippen LogP contribution in [0.3, 0.4) is 0 Å². The van der Waals surface area contributed by atoms with E-state index in [1.807, 2.05) is 37.3 Å². The van der Waals surface area contributed by atoms with Crippen LogP contribution in [0.15, 0.2) is 59.5 Å². The number of nitrogens with zero attached hydrogens (tertiary/aromatic N) is 1. The molecule has 25 heavy (non-hydrogen) atoms. The molecule has 1 atom stereocenters. The second kappa shape index (κ2) is 8.10. The SMILES string of the molecule is Cc1ccc(S(=O)(=O)NCC(c2ccccc2)N2CCNCC2)cc1. The number of aryl methyl sites for hydroxylation is 1. The molecule has 1 fully saturated rings. The minimum atomic E-state index is -3.51. The summed E-state index contributed by atoms with van der Waals surface area (Å²) in [5.74, 6) is 0. The van der Waals surface area contributed by atoms with Gasteiger partial charge in [-0.1, -0.05) is 48.0 Å². The van der Waals surface area contributed by atoms with E-state index in [0.717, 1.165) is 37.3 Å². The summed E-state index contributed by atoms with van der Waals surface area (Å²) in [7, 11) is -3.51. The second-order valence-electron chi connectivity index (χ2n) is 6.38. The molecule has 0 radical (unpaired) electrons. The van der Waals surface area contributed by atoms with E-state index in [4.69, 9.17) is 0 Å². The number of hydrogen-bond donors (Lipinski definition) is 2. The van der Waals surface area contributed by atoms with Gasteiger partial charge >= 0.3 is 0 Å². The highest BCUT2D eigenvalue weighted by Crippen LogP contribution is 2.21. The summed E-state index contributed by atoms with van der Waals surface area (Å²) in [5, 5.41) is 3.34. The third kappa shape index (κ3) is 4.67. The Morgan fingerprint density at radius 2 is 1.68 bits per heavy atom. The second-order valence-corrected chi connectivity index (χ2v) is 8.14. The molecule has 1 heterocycles. The van der Waals surface area contributed by atoms with E-state index in [1.54, 1.807) is 12.1 Å². The van der Waals surface area contributed by atoms with Crippen LogP contribution in [0, 0.1) is 6.92 Å². The summed E-state index contributed by atoms with van der Waals surface area (Å²) in [6.45, 7) is 5.97. The van der Waals surface area contributed by atoms with Crippen molar-refractivity contribution in [3.63, 3.8) is 0 Å². The molecule has 0 aromatic heterocycles. The molecule has 3 rings (SSSR count). The van der Waals surface area contributed by atoms with Gasteiger partial charge in [0.05, 0.1) is 4.90 Å². The zero-order valence-electron chi connectivity index (χ0n) is 14.5. The summed E-state index contributed by atoms with van der Waals surface area (Å²) < 4.78 is 28.0. The van der Waals surface area contributed by atoms with Crippen LogP contribution in [0.2, 0.25) is 0 Å². The Balaban J connectivity index is 1.77. The van der Waals surface area contributed by atoms with Crippen molar-refractivity contribution in [1.29, 1.82) is 0 Å². The first kappa shape index (κ1) is 18.1. The first-order valence-electron chi connectivity index (χ1n) is 8.62. The van der Waals surface area contributed by atoms with Gasteiger partial charge in [-0.05, 0) is 24.6 Å². The van der Waals surface area contributed by atoms with Crippen LogP contribution >= 0.6 is 0 Å². The molecular weight excluding hydrogens is 334 g/mol. The molecule has 0 saturated carbocycles. The lowest BCUT2D eigenvalue weighted by Crippen LogP contribution is -2.48. The summed E-state index contributed by atoms with van der Waals surface area (Å²) in [5.41, 5.74) is 2.18. The van der Waals surface area contributed by atoms with Crippen LogP contribution in [-0.2, 0) is 10.0 Å². The number of hydrogen-bond acceptors (Lipinski definition) is 4. The lowest BCUT2D eigenvalue weighted by molar-refractivity contribution is 0.175. The summed E-state index contributed by atoms with van der Waals surface area (Å²) in [6.07, 6.45) is 0. The Kier molecular flexibility index (Phi) is 5.86. The van der Waals surface area contributed by atoms with E-state index < -0.39 is 10.0 Å². The van der Waals surface area contributed by atoms with Gasteiger partial charge in [-0.3, -0.25) is 4.90 Å². The molecule has 134 valence electrons. The maximum Gasteiger partial charge on any atom is 0.240 e. The lowest BCUT2D eigenvalue weighted by atomic mass is 10.0. The largest absolute Gasteiger partial charge is 0.314 e. The summed E-state index contributed by atoms with van der Waals surface area (Å²) in [4.78, 5) is 2.65. The van der Waals surface area contributed by atoms with E-state index in [0.29, 0.717) is 11.4 Å². The number of nitrogens with one attached hydrogen (secondary N) is 2. The molecule has 2 aromatic rings. The molecule has 0 bridgehead atoms. The smallest absolute Gasteiger partial charge is 0.240 e. The minimum Gasteiger partial charge on any atom is -0.314 e. The van der Waals surface area contributed by atoms with Gasteiger partial charge in [-0.15, -0.1) is 0 Å². The maximum atomic E-state index is 12.6. The van der Waals surface area contributed by atoms with Crippen LogP contribution in [0.4, 0.5) is 0 Å². The standard InChI is InChI=1S/C19H25N3O2S/c1-16-7-9-18(10-8-16)25(23,24)21-15-19(17-5-3-2-4-6-17)22-13-11-20-12-14-22/h2-10,19-21H,11-15H2,1H3. The first-order valence-corrected chi connectivity index (χ1v) is 10.1. The molecule has 1 aliphatic rings. The van der Waals surface area contributed by atoms with E-state index in [-0.39, 0.29) is 6.04 Å². The predicted octanol–water partition coefficient (Wildman–Crippen LogP) is 1.92. The molecule has 1 unspecified atom stereocenters. The van der Waals surface area contributed by atoms with E-state index in [1.165, 1.54) is 0 Å². The van der Waals surface area contributed by atoms with Crippen LogP contribution < -0.4 is 10.0 Å². The van der Waals surface area contributed by atoms with Crippen molar-refractivity contribution in [2.45, 2.75) is 17.9 Å². The summed E-state index contributed by atoms with van der Waals surface area (Å²) in [6, 6.07) is 17.1. The molecule has 2 N–H and O–H groups in total. The van der Waals surface area contributed by atoms with Gasteiger partial charge in [0, 0.05) is 38.8 Å². The predicted molar refractivity (Wildman–Crippen MR) is 100.0 cm³/mol. The van der Waals surface area contributed by atoms with Gasteiger partial charge in [0.1, 0.15) is 0 Å². The molecular formula is C19H25N3O2S. The molecule has 0 spiro atoms. The Morgan fingerprint density at radius 3 is 2.32 bits per heavy atom. The van der Waals surface area contributed by atoms with Crippen molar-refractivity contribution >= 4 is 10.0 Å². The zero-order chi connectivity index (χ0) is 17.7. The highest BCUT2D eigenvalue weighted by Gasteiger charge is 2.24. The van der Waals surface area contributed by atoms with Gasteiger partial charge in [0.25, 0.3) is 0 Å². The molecule has 2 aromatic carbocycles. The van der Waals surface area contributed by atoms with Crippen molar-refractivity contribution in [3.8, 4) is 0 Å². The van der Waals surface area contributed by atoms with E-state index >= 15 is 0 Å². The van der Waals surface area contributed by atoms with Gasteiger partial charge in [-0.2, -0.15) is 0 Å². The third-order valence-corrected chi connectivity index (χ3v) is 6.01. The van der Waals surface area contributed by atoms with E-state index in [2.05, 4.69) is 27.1 Å². The Morgan fingerprint density at radius 1 is 1.04 bits per heavy atom. The fraction of sp³-hybridized carbons (Fsp3) is 0.368. The fourth-order valence-electron chi connectivity index (χ4n) is 3.12. The highest BCUT2D eigenvalue weighted by atomic mass is 32.2. The van der Waals surface area contributed by atoms with Gasteiger partial charge in [0.2, 0.25) is 10.0 Å². The number of rotatable bonds is 6. The zero-order valence-corrected chi connectivity index (χ0v) is 15.3. The van der Waals surface area contributed by atoms with Crippen molar-refractivity contribution in [1.82, 2.24) is 14.9 Å². The van der Waals surface area contributed by atoms with Crippen LogP contribution in [0.25, 0.3) is 0 Å².